The third-order valence-electron chi connectivity index (χ3n) is 4.14. The van der Waals surface area contributed by atoms with Gasteiger partial charge in [-0.3, -0.25) is 4.79 Å². The van der Waals surface area contributed by atoms with Gasteiger partial charge in [0.15, 0.2) is 0 Å². The highest BCUT2D eigenvalue weighted by Crippen LogP contribution is 2.28. The van der Waals surface area contributed by atoms with E-state index >= 15 is 0 Å². The second-order valence-electron chi connectivity index (χ2n) is 6.42. The minimum atomic E-state index is -0.364. The summed E-state index contributed by atoms with van der Waals surface area (Å²) in [6.07, 6.45) is 3.90. The van der Waals surface area contributed by atoms with Crippen LogP contribution in [-0.4, -0.2) is 23.1 Å². The average Bonchev–Trinajstić information content (AvgIpc) is 3.00. The zero-order valence-corrected chi connectivity index (χ0v) is 14.1. The van der Waals surface area contributed by atoms with Gasteiger partial charge in [0.2, 0.25) is 11.8 Å². The van der Waals surface area contributed by atoms with Gasteiger partial charge in [-0.1, -0.05) is 12.1 Å². The number of nitrogens with zero attached hydrogens (tertiary/aromatic N) is 1. The fourth-order valence-electron chi connectivity index (χ4n) is 2.81. The second kappa shape index (κ2) is 7.61. The predicted octanol–water partition coefficient (Wildman–Crippen LogP) is 3.59. The molecule has 3 rings (SSSR count). The Kier molecular flexibility index (Phi) is 5.28. The van der Waals surface area contributed by atoms with E-state index in [0.717, 1.165) is 25.0 Å². The first-order chi connectivity index (χ1) is 12.0. The molecule has 6 heteroatoms. The molecule has 1 amide bonds. The van der Waals surface area contributed by atoms with E-state index in [4.69, 9.17) is 9.47 Å². The topological polar surface area (TPSA) is 60.5 Å². The van der Waals surface area contributed by atoms with Crippen LogP contribution in [-0.2, 0) is 16.1 Å². The molecule has 1 aromatic carbocycles. The molecule has 1 saturated heterocycles. The van der Waals surface area contributed by atoms with Gasteiger partial charge in [-0.25, -0.2) is 9.37 Å². The Labute approximate surface area is 146 Å². The maximum atomic E-state index is 13.1. The number of nitrogens with one attached hydrogen (secondary N) is 1. The molecule has 1 aliphatic heterocycles. The lowest BCUT2D eigenvalue weighted by Crippen LogP contribution is -2.33. The Morgan fingerprint density at radius 2 is 2.28 bits per heavy atom. The molecule has 0 bridgehead atoms. The number of hydrogen-bond acceptors (Lipinski definition) is 4. The smallest absolute Gasteiger partial charge is 0.223 e. The number of pyridine rings is 1. The number of hydrogen-bond donors (Lipinski definition) is 1. The van der Waals surface area contributed by atoms with E-state index in [1.807, 2.05) is 13.0 Å². The van der Waals surface area contributed by atoms with Gasteiger partial charge in [-0.15, -0.1) is 0 Å². The summed E-state index contributed by atoms with van der Waals surface area (Å²) in [6.45, 7) is 3.09. The monoisotopic (exact) mass is 344 g/mol. The van der Waals surface area contributed by atoms with Crippen molar-refractivity contribution in [3.63, 3.8) is 0 Å². The molecule has 0 spiro atoms. The second-order valence-corrected chi connectivity index (χ2v) is 6.42. The summed E-state index contributed by atoms with van der Waals surface area (Å²) >= 11 is 0. The third-order valence-corrected chi connectivity index (χ3v) is 4.14. The van der Waals surface area contributed by atoms with Crippen LogP contribution in [0, 0.1) is 5.82 Å². The molecule has 1 N–H and O–H groups in total. The molecule has 0 radical (unpaired) electrons. The van der Waals surface area contributed by atoms with Crippen molar-refractivity contribution in [3.8, 4) is 11.6 Å². The van der Waals surface area contributed by atoms with Gasteiger partial charge in [0.25, 0.3) is 0 Å². The number of rotatable bonds is 6. The number of ether oxygens (including phenoxy) is 2. The summed E-state index contributed by atoms with van der Waals surface area (Å²) in [4.78, 5) is 16.2. The molecule has 0 aliphatic carbocycles. The number of benzene rings is 1. The molecule has 2 heterocycles. The fourth-order valence-corrected chi connectivity index (χ4v) is 2.81. The van der Waals surface area contributed by atoms with Crippen molar-refractivity contribution in [2.24, 2.45) is 0 Å². The Bertz CT molecular complexity index is 728. The van der Waals surface area contributed by atoms with E-state index in [2.05, 4.69) is 10.3 Å². The van der Waals surface area contributed by atoms with Gasteiger partial charge in [0, 0.05) is 31.5 Å². The average molecular weight is 344 g/mol. The summed E-state index contributed by atoms with van der Waals surface area (Å²) in [5.41, 5.74) is 0.516. The summed E-state index contributed by atoms with van der Waals surface area (Å²) in [5, 5.41) is 2.88. The van der Waals surface area contributed by atoms with Crippen LogP contribution in [0.1, 0.15) is 31.7 Å². The maximum absolute atomic E-state index is 13.1. The molecule has 132 valence electrons. The van der Waals surface area contributed by atoms with Crippen LogP contribution in [0.5, 0.6) is 11.6 Å². The summed E-state index contributed by atoms with van der Waals surface area (Å²) in [6, 6.07) is 9.38. The Morgan fingerprint density at radius 1 is 1.40 bits per heavy atom. The Morgan fingerprint density at radius 3 is 2.96 bits per heavy atom. The molecule has 1 atom stereocenters. The van der Waals surface area contributed by atoms with Crippen LogP contribution >= 0.6 is 0 Å². The highest BCUT2D eigenvalue weighted by Gasteiger charge is 2.32. The molecule has 25 heavy (non-hydrogen) atoms. The van der Waals surface area contributed by atoms with Crippen molar-refractivity contribution in [1.29, 1.82) is 0 Å². The van der Waals surface area contributed by atoms with Gasteiger partial charge in [0.1, 0.15) is 11.6 Å². The molecular formula is C19H21FN2O3. The van der Waals surface area contributed by atoms with Crippen LogP contribution in [0.15, 0.2) is 42.6 Å². The number of carbonyl (C=O) groups excluding carboxylic acids is 1. The van der Waals surface area contributed by atoms with Gasteiger partial charge < -0.3 is 14.8 Å². The Hall–Kier alpha value is -2.47. The van der Waals surface area contributed by atoms with Crippen LogP contribution in [0.4, 0.5) is 4.39 Å². The van der Waals surface area contributed by atoms with Gasteiger partial charge in [-0.2, -0.15) is 0 Å². The van der Waals surface area contributed by atoms with Gasteiger partial charge in [0.05, 0.1) is 12.0 Å². The number of carbonyl (C=O) groups is 1. The first-order valence-corrected chi connectivity index (χ1v) is 8.31. The summed E-state index contributed by atoms with van der Waals surface area (Å²) in [5.74, 6) is 0.354. The van der Waals surface area contributed by atoms with Crippen molar-refractivity contribution in [2.45, 2.75) is 38.3 Å². The highest BCUT2D eigenvalue weighted by atomic mass is 19.1. The van der Waals surface area contributed by atoms with Crippen molar-refractivity contribution in [2.75, 3.05) is 6.61 Å². The summed E-state index contributed by atoms with van der Waals surface area (Å²) < 4.78 is 24.2. The largest absolute Gasteiger partial charge is 0.439 e. The van der Waals surface area contributed by atoms with Crippen LogP contribution < -0.4 is 10.1 Å². The maximum Gasteiger partial charge on any atom is 0.223 e. The van der Waals surface area contributed by atoms with Crippen molar-refractivity contribution < 1.29 is 18.7 Å². The standard InChI is InChI=1S/C19H21FN2O3/c1-19(8-3-9-24-19)11-17(23)21-12-14-6-7-18(22-13-14)25-16-5-2-4-15(20)10-16/h2,4-7,10,13H,3,8-9,11-12H2,1H3,(H,21,23). The molecule has 5 nitrogen and oxygen atoms in total. The van der Waals surface area contributed by atoms with Gasteiger partial charge >= 0.3 is 0 Å². The number of aromatic nitrogens is 1. The molecule has 1 aromatic heterocycles. The Balaban J connectivity index is 1.49. The fraction of sp³-hybridized carbons (Fsp3) is 0.368. The first-order valence-electron chi connectivity index (χ1n) is 8.31. The van der Waals surface area contributed by atoms with Crippen LogP contribution in [0.25, 0.3) is 0 Å². The zero-order valence-electron chi connectivity index (χ0n) is 14.1. The van der Waals surface area contributed by atoms with E-state index < -0.39 is 0 Å². The first kappa shape index (κ1) is 17.4. The zero-order chi connectivity index (χ0) is 17.7. The highest BCUT2D eigenvalue weighted by molar-refractivity contribution is 5.77. The molecular weight excluding hydrogens is 323 g/mol. The van der Waals surface area contributed by atoms with Crippen LogP contribution in [0.2, 0.25) is 0 Å². The predicted molar refractivity (Wildman–Crippen MR) is 90.8 cm³/mol. The van der Waals surface area contributed by atoms with Crippen molar-refractivity contribution >= 4 is 5.91 Å². The van der Waals surface area contributed by atoms with E-state index in [-0.39, 0.29) is 17.3 Å². The normalized spacial score (nSPS) is 19.6. The lowest BCUT2D eigenvalue weighted by atomic mass is 9.98. The minimum Gasteiger partial charge on any atom is -0.439 e. The van der Waals surface area contributed by atoms with E-state index in [1.165, 1.54) is 12.1 Å². The van der Waals surface area contributed by atoms with E-state index in [1.54, 1.807) is 24.4 Å². The van der Waals surface area contributed by atoms with Crippen molar-refractivity contribution in [3.05, 3.63) is 54.0 Å². The lowest BCUT2D eigenvalue weighted by Gasteiger charge is -2.22. The molecule has 1 fully saturated rings. The lowest BCUT2D eigenvalue weighted by molar-refractivity contribution is -0.126. The molecule has 0 saturated carbocycles. The quantitative estimate of drug-likeness (QED) is 0.870. The van der Waals surface area contributed by atoms with Gasteiger partial charge in [-0.05, 0) is 37.5 Å². The number of halogens is 1. The van der Waals surface area contributed by atoms with E-state index in [9.17, 15) is 9.18 Å². The van der Waals surface area contributed by atoms with Crippen molar-refractivity contribution in [1.82, 2.24) is 10.3 Å². The number of amides is 1. The van der Waals surface area contributed by atoms with E-state index in [0.29, 0.717) is 24.6 Å². The molecule has 1 aliphatic rings. The minimum absolute atomic E-state index is 0.0375. The SMILES string of the molecule is CC1(CC(=O)NCc2ccc(Oc3cccc(F)c3)nc2)CCCO1. The van der Waals surface area contributed by atoms with Crippen LogP contribution in [0.3, 0.4) is 0 Å². The molecule has 1 unspecified atom stereocenters. The third kappa shape index (κ3) is 5.00. The molecule has 2 aromatic rings. The summed E-state index contributed by atoms with van der Waals surface area (Å²) in [7, 11) is 0.